The van der Waals surface area contributed by atoms with E-state index in [1.807, 2.05) is 0 Å². The molecule has 2 rings (SSSR count). The van der Waals surface area contributed by atoms with E-state index in [9.17, 15) is 0 Å². The lowest BCUT2D eigenvalue weighted by Crippen LogP contribution is -2.25. The molecule has 1 N–H and O–H groups in total. The summed E-state index contributed by atoms with van der Waals surface area (Å²) in [6.07, 6.45) is 1.86. The molecule has 0 amide bonds. The second-order valence-corrected chi connectivity index (χ2v) is 7.06. The molecule has 0 aromatic heterocycles. The van der Waals surface area contributed by atoms with Gasteiger partial charge in [0.05, 0.1) is 6.61 Å². The largest absolute Gasteiger partial charge is 0.395 e. The number of nitrogens with zero attached hydrogens (tertiary/aromatic N) is 1. The molecule has 1 aliphatic heterocycles. The van der Waals surface area contributed by atoms with Crippen molar-refractivity contribution in [1.29, 1.82) is 0 Å². The van der Waals surface area contributed by atoms with Gasteiger partial charge in [-0.3, -0.25) is 4.90 Å². The number of aliphatic hydroxyl groups is 1. The van der Waals surface area contributed by atoms with Gasteiger partial charge in [-0.25, -0.2) is 0 Å². The molecular formula is C19H27NO. The Kier molecular flexibility index (Phi) is 5.45. The summed E-state index contributed by atoms with van der Waals surface area (Å²) in [7, 11) is 0. The maximum atomic E-state index is 8.72. The Bertz CT molecular complexity index is 501. The van der Waals surface area contributed by atoms with Crippen LogP contribution in [0.2, 0.25) is 0 Å². The van der Waals surface area contributed by atoms with Crippen molar-refractivity contribution in [1.82, 2.24) is 4.90 Å². The van der Waals surface area contributed by atoms with Gasteiger partial charge in [0.15, 0.2) is 0 Å². The molecular weight excluding hydrogens is 258 g/mol. The smallest absolute Gasteiger partial charge is 0.0540 e. The van der Waals surface area contributed by atoms with E-state index in [-0.39, 0.29) is 6.61 Å². The predicted octanol–water partition coefficient (Wildman–Crippen LogP) is 3.29. The van der Waals surface area contributed by atoms with Gasteiger partial charge in [-0.15, -0.1) is 0 Å². The first-order valence-corrected chi connectivity index (χ1v) is 7.90. The number of rotatable bonds is 3. The summed E-state index contributed by atoms with van der Waals surface area (Å²) >= 11 is 0. The van der Waals surface area contributed by atoms with Crippen molar-refractivity contribution in [3.8, 4) is 11.8 Å². The molecule has 0 saturated carbocycles. The topological polar surface area (TPSA) is 23.5 Å². The van der Waals surface area contributed by atoms with Crippen LogP contribution in [0.5, 0.6) is 0 Å². The standard InChI is InChI=1S/C19H27NO/c1-19(2,3)18-11-12-20(15-18)14-17-9-7-16(8-10-17)6-4-5-13-21/h7-10,18,21H,5,11-15H2,1-3H3. The molecule has 0 bridgehead atoms. The lowest BCUT2D eigenvalue weighted by molar-refractivity contribution is 0.226. The lowest BCUT2D eigenvalue weighted by Gasteiger charge is -2.27. The summed E-state index contributed by atoms with van der Waals surface area (Å²) in [6.45, 7) is 10.6. The molecule has 1 aliphatic rings. The first-order chi connectivity index (χ1) is 9.99. The molecule has 1 aromatic rings. The average Bonchev–Trinajstić information content (AvgIpc) is 2.90. The monoisotopic (exact) mass is 285 g/mol. The average molecular weight is 285 g/mol. The minimum absolute atomic E-state index is 0.134. The molecule has 1 saturated heterocycles. The van der Waals surface area contributed by atoms with Crippen molar-refractivity contribution in [3.05, 3.63) is 35.4 Å². The van der Waals surface area contributed by atoms with E-state index >= 15 is 0 Å². The molecule has 114 valence electrons. The molecule has 21 heavy (non-hydrogen) atoms. The summed E-state index contributed by atoms with van der Waals surface area (Å²) in [4.78, 5) is 2.56. The van der Waals surface area contributed by atoms with Gasteiger partial charge in [0.25, 0.3) is 0 Å². The highest BCUT2D eigenvalue weighted by Crippen LogP contribution is 2.34. The van der Waals surface area contributed by atoms with E-state index in [1.54, 1.807) is 0 Å². The molecule has 0 spiro atoms. The van der Waals surface area contributed by atoms with Crippen LogP contribution in [0.3, 0.4) is 0 Å². The second kappa shape index (κ2) is 7.11. The number of likely N-dealkylation sites (tertiary alicyclic amines) is 1. The van der Waals surface area contributed by atoms with Crippen molar-refractivity contribution < 1.29 is 5.11 Å². The molecule has 0 aliphatic carbocycles. The summed E-state index contributed by atoms with van der Waals surface area (Å²) in [5.41, 5.74) is 2.81. The Labute approximate surface area is 129 Å². The fourth-order valence-electron chi connectivity index (χ4n) is 2.86. The first-order valence-electron chi connectivity index (χ1n) is 7.90. The van der Waals surface area contributed by atoms with Gasteiger partial charge in [0, 0.05) is 25.1 Å². The third kappa shape index (κ3) is 4.88. The number of aliphatic hydroxyl groups excluding tert-OH is 1. The third-order valence-corrected chi connectivity index (χ3v) is 4.33. The molecule has 2 heteroatoms. The molecule has 1 unspecified atom stereocenters. The molecule has 1 atom stereocenters. The van der Waals surface area contributed by atoms with E-state index < -0.39 is 0 Å². The highest BCUT2D eigenvalue weighted by atomic mass is 16.2. The number of hydrogen-bond donors (Lipinski definition) is 1. The zero-order valence-electron chi connectivity index (χ0n) is 13.5. The third-order valence-electron chi connectivity index (χ3n) is 4.33. The van der Waals surface area contributed by atoms with E-state index in [4.69, 9.17) is 5.11 Å². The quantitative estimate of drug-likeness (QED) is 0.862. The Morgan fingerprint density at radius 3 is 2.52 bits per heavy atom. The van der Waals surface area contributed by atoms with Crippen LogP contribution in [-0.4, -0.2) is 29.7 Å². The van der Waals surface area contributed by atoms with Crippen molar-refractivity contribution in [2.45, 2.75) is 40.2 Å². The first kappa shape index (κ1) is 16.1. The zero-order chi connectivity index (χ0) is 15.3. The van der Waals surface area contributed by atoms with Gasteiger partial charge in [0.2, 0.25) is 0 Å². The van der Waals surface area contributed by atoms with Crippen molar-refractivity contribution in [3.63, 3.8) is 0 Å². The van der Waals surface area contributed by atoms with Crippen LogP contribution in [-0.2, 0) is 6.54 Å². The number of hydrogen-bond acceptors (Lipinski definition) is 2. The van der Waals surface area contributed by atoms with Gasteiger partial charge >= 0.3 is 0 Å². The van der Waals surface area contributed by atoms with Crippen LogP contribution in [0.25, 0.3) is 0 Å². The maximum absolute atomic E-state index is 8.72. The van der Waals surface area contributed by atoms with Gasteiger partial charge < -0.3 is 5.11 Å². The van der Waals surface area contributed by atoms with E-state index in [2.05, 4.69) is 61.8 Å². The fraction of sp³-hybridized carbons (Fsp3) is 0.579. The van der Waals surface area contributed by atoms with Gasteiger partial charge in [-0.1, -0.05) is 44.7 Å². The Morgan fingerprint density at radius 1 is 1.24 bits per heavy atom. The summed E-state index contributed by atoms with van der Waals surface area (Å²) in [5, 5.41) is 8.72. The molecule has 2 nitrogen and oxygen atoms in total. The van der Waals surface area contributed by atoms with Gasteiger partial charge in [-0.05, 0) is 42.0 Å². The van der Waals surface area contributed by atoms with Crippen molar-refractivity contribution in [2.24, 2.45) is 11.3 Å². The van der Waals surface area contributed by atoms with Crippen LogP contribution in [0.15, 0.2) is 24.3 Å². The summed E-state index contributed by atoms with van der Waals surface area (Å²) in [6, 6.07) is 8.51. The summed E-state index contributed by atoms with van der Waals surface area (Å²) < 4.78 is 0. The van der Waals surface area contributed by atoms with Crippen LogP contribution in [0.1, 0.15) is 44.7 Å². The highest BCUT2D eigenvalue weighted by Gasteiger charge is 2.31. The highest BCUT2D eigenvalue weighted by molar-refractivity contribution is 5.36. The van der Waals surface area contributed by atoms with E-state index in [1.165, 1.54) is 25.1 Å². The second-order valence-electron chi connectivity index (χ2n) is 7.06. The molecule has 0 radical (unpaired) electrons. The van der Waals surface area contributed by atoms with Gasteiger partial charge in [-0.2, -0.15) is 0 Å². The number of benzene rings is 1. The van der Waals surface area contributed by atoms with Gasteiger partial charge in [0.1, 0.15) is 0 Å². The zero-order valence-corrected chi connectivity index (χ0v) is 13.5. The molecule has 1 heterocycles. The van der Waals surface area contributed by atoms with E-state index in [0.717, 1.165) is 18.0 Å². The lowest BCUT2D eigenvalue weighted by atomic mass is 9.80. The van der Waals surface area contributed by atoms with Crippen LogP contribution >= 0.6 is 0 Å². The Morgan fingerprint density at radius 2 is 1.95 bits per heavy atom. The van der Waals surface area contributed by atoms with Crippen LogP contribution < -0.4 is 0 Å². The minimum atomic E-state index is 0.134. The predicted molar refractivity (Wildman–Crippen MR) is 87.9 cm³/mol. The maximum Gasteiger partial charge on any atom is 0.0540 e. The van der Waals surface area contributed by atoms with E-state index in [0.29, 0.717) is 11.8 Å². The Hall–Kier alpha value is -1.30. The normalized spacial score (nSPS) is 19.3. The van der Waals surface area contributed by atoms with Crippen molar-refractivity contribution >= 4 is 0 Å². The molecule has 1 fully saturated rings. The minimum Gasteiger partial charge on any atom is -0.395 e. The fourth-order valence-corrected chi connectivity index (χ4v) is 2.86. The Balaban J connectivity index is 1.89. The van der Waals surface area contributed by atoms with Crippen LogP contribution in [0.4, 0.5) is 0 Å². The summed E-state index contributed by atoms with van der Waals surface area (Å²) in [5.74, 6) is 6.83. The van der Waals surface area contributed by atoms with Crippen molar-refractivity contribution in [2.75, 3.05) is 19.7 Å². The SMILES string of the molecule is CC(C)(C)C1CCN(Cc2ccc(C#CCCO)cc2)C1. The molecule has 1 aromatic carbocycles. The van der Waals surface area contributed by atoms with Crippen LogP contribution in [0, 0.1) is 23.2 Å².